The number of benzene rings is 1. The van der Waals surface area contributed by atoms with Crippen LogP contribution in [-0.4, -0.2) is 0 Å². The van der Waals surface area contributed by atoms with E-state index in [-0.39, 0.29) is 0 Å². The molecule has 1 unspecified atom stereocenters. The molecule has 0 bridgehead atoms. The van der Waals surface area contributed by atoms with Gasteiger partial charge >= 0.3 is 0 Å². The van der Waals surface area contributed by atoms with Crippen LogP contribution in [0, 0.1) is 5.92 Å². The highest BCUT2D eigenvalue weighted by molar-refractivity contribution is 5.48. The van der Waals surface area contributed by atoms with Crippen molar-refractivity contribution in [2.24, 2.45) is 11.8 Å². The van der Waals surface area contributed by atoms with Gasteiger partial charge < -0.3 is 5.43 Å². The third kappa shape index (κ3) is 3.24. The Labute approximate surface area is 99.2 Å². The Morgan fingerprint density at radius 1 is 1.25 bits per heavy atom. The van der Waals surface area contributed by atoms with E-state index in [4.69, 9.17) is 5.84 Å². The summed E-state index contributed by atoms with van der Waals surface area (Å²) in [6, 6.07) is 6.47. The van der Waals surface area contributed by atoms with Crippen LogP contribution < -0.4 is 11.3 Å². The molecule has 0 radical (unpaired) electrons. The summed E-state index contributed by atoms with van der Waals surface area (Å²) in [5.74, 6) is 6.23. The highest BCUT2D eigenvalue weighted by Crippen LogP contribution is 2.26. The van der Waals surface area contributed by atoms with E-state index in [1.165, 1.54) is 36.8 Å². The van der Waals surface area contributed by atoms with Crippen molar-refractivity contribution < 1.29 is 0 Å². The van der Waals surface area contributed by atoms with Gasteiger partial charge in [-0.05, 0) is 48.4 Å². The molecular weight excluding hydrogens is 196 g/mol. The zero-order valence-corrected chi connectivity index (χ0v) is 10.7. The van der Waals surface area contributed by atoms with Crippen molar-refractivity contribution in [3.8, 4) is 0 Å². The molecule has 0 aromatic heterocycles. The normalized spacial score (nSPS) is 18.9. The maximum absolute atomic E-state index is 5.40. The number of aryl methyl sites for hydroxylation is 1. The summed E-state index contributed by atoms with van der Waals surface area (Å²) < 4.78 is 0. The fourth-order valence-electron chi connectivity index (χ4n) is 2.27. The predicted octanol–water partition coefficient (Wildman–Crippen LogP) is 3.51. The van der Waals surface area contributed by atoms with Gasteiger partial charge in [0.2, 0.25) is 0 Å². The molecule has 0 aliphatic heterocycles. The van der Waals surface area contributed by atoms with Crippen molar-refractivity contribution in [3.63, 3.8) is 0 Å². The molecule has 1 aromatic rings. The molecular formula is C14H24N2. The maximum atomic E-state index is 5.40. The average Bonchev–Trinajstić information content (AvgIpc) is 2.51. The maximum Gasteiger partial charge on any atom is 0.0488 e. The van der Waals surface area contributed by atoms with E-state index in [1.54, 1.807) is 0 Å². The Morgan fingerprint density at radius 2 is 2.00 bits per heavy atom. The van der Waals surface area contributed by atoms with Gasteiger partial charge in [-0.15, -0.1) is 0 Å². The van der Waals surface area contributed by atoms with Crippen LogP contribution in [0.2, 0.25) is 0 Å². The lowest BCUT2D eigenvalue weighted by Crippen LogP contribution is -2.07. The Morgan fingerprint density at radius 3 is 2.69 bits per heavy atom. The van der Waals surface area contributed by atoms with Crippen LogP contribution in [0.25, 0.3) is 0 Å². The van der Waals surface area contributed by atoms with Crippen LogP contribution in [0.15, 0.2) is 18.2 Å². The summed E-state index contributed by atoms with van der Waals surface area (Å²) >= 11 is 0. The minimum Gasteiger partial charge on any atom is -0.324 e. The topological polar surface area (TPSA) is 38.0 Å². The molecule has 2 heteroatoms. The van der Waals surface area contributed by atoms with Crippen molar-refractivity contribution in [2.45, 2.75) is 46.5 Å². The zero-order valence-electron chi connectivity index (χ0n) is 10.7. The second-order valence-corrected chi connectivity index (χ2v) is 4.33. The van der Waals surface area contributed by atoms with Crippen LogP contribution in [0.3, 0.4) is 0 Å². The predicted molar refractivity (Wildman–Crippen MR) is 71.4 cm³/mol. The number of hydrazine groups is 1. The number of anilines is 1. The molecule has 1 aliphatic carbocycles. The lowest BCUT2D eigenvalue weighted by atomic mass is 9.98. The van der Waals surface area contributed by atoms with Gasteiger partial charge in [0, 0.05) is 5.69 Å². The van der Waals surface area contributed by atoms with Crippen LogP contribution in [0.1, 0.15) is 44.7 Å². The molecule has 0 spiro atoms. The van der Waals surface area contributed by atoms with Crippen molar-refractivity contribution in [1.29, 1.82) is 0 Å². The van der Waals surface area contributed by atoms with Gasteiger partial charge in [-0.25, -0.2) is 0 Å². The van der Waals surface area contributed by atoms with Crippen molar-refractivity contribution in [2.75, 3.05) is 5.43 Å². The molecule has 0 fully saturated rings. The third-order valence-electron chi connectivity index (χ3n) is 3.08. The molecule has 1 aromatic carbocycles. The average molecular weight is 220 g/mol. The second kappa shape index (κ2) is 6.54. The fraction of sp³-hybridized carbons (Fsp3) is 0.571. The molecule has 2 nitrogen and oxygen atoms in total. The Bertz CT molecular complexity index is 321. The van der Waals surface area contributed by atoms with Gasteiger partial charge in [0.1, 0.15) is 0 Å². The van der Waals surface area contributed by atoms with E-state index in [9.17, 15) is 0 Å². The zero-order chi connectivity index (χ0) is 12.0. The first-order valence-electron chi connectivity index (χ1n) is 6.38. The molecule has 1 atom stereocenters. The largest absolute Gasteiger partial charge is 0.324 e. The number of rotatable bonds is 1. The monoisotopic (exact) mass is 220 g/mol. The van der Waals surface area contributed by atoms with Gasteiger partial charge in [0.15, 0.2) is 0 Å². The van der Waals surface area contributed by atoms with Crippen molar-refractivity contribution in [1.82, 2.24) is 0 Å². The summed E-state index contributed by atoms with van der Waals surface area (Å²) in [6.45, 7) is 6.34. The lowest BCUT2D eigenvalue weighted by molar-refractivity contribution is 0.526. The number of hydrogen-bond donors (Lipinski definition) is 2. The van der Waals surface area contributed by atoms with Crippen LogP contribution in [-0.2, 0) is 12.8 Å². The summed E-state index contributed by atoms with van der Waals surface area (Å²) in [7, 11) is 0. The van der Waals surface area contributed by atoms with E-state index in [0.29, 0.717) is 0 Å². The first-order chi connectivity index (χ1) is 7.79. The van der Waals surface area contributed by atoms with Crippen LogP contribution in [0.5, 0.6) is 0 Å². The molecule has 3 N–H and O–H groups in total. The van der Waals surface area contributed by atoms with Crippen molar-refractivity contribution >= 4 is 5.69 Å². The first-order valence-corrected chi connectivity index (χ1v) is 6.38. The third-order valence-corrected chi connectivity index (χ3v) is 3.08. The summed E-state index contributed by atoms with van der Waals surface area (Å²) in [6.07, 6.45) is 5.08. The molecule has 1 aliphatic rings. The van der Waals surface area contributed by atoms with Gasteiger partial charge in [-0.3, -0.25) is 5.84 Å². The number of nitrogens with two attached hydrogens (primary N) is 1. The number of nitrogen functional groups attached to an aromatic ring is 1. The van der Waals surface area contributed by atoms with E-state index >= 15 is 0 Å². The summed E-state index contributed by atoms with van der Waals surface area (Å²) in [4.78, 5) is 0. The van der Waals surface area contributed by atoms with Gasteiger partial charge in [-0.2, -0.15) is 0 Å². The van der Waals surface area contributed by atoms with Crippen molar-refractivity contribution in [3.05, 3.63) is 29.3 Å². The fourth-order valence-corrected chi connectivity index (χ4v) is 2.27. The Hall–Kier alpha value is -1.02. The highest BCUT2D eigenvalue weighted by atomic mass is 15.2. The van der Waals surface area contributed by atoms with Gasteiger partial charge in [0.25, 0.3) is 0 Å². The van der Waals surface area contributed by atoms with Gasteiger partial charge in [0.05, 0.1) is 0 Å². The van der Waals surface area contributed by atoms with Gasteiger partial charge in [-0.1, -0.05) is 33.3 Å². The number of nitrogens with one attached hydrogen (secondary N) is 1. The molecule has 90 valence electrons. The molecule has 2 rings (SSSR count). The highest BCUT2D eigenvalue weighted by Gasteiger charge is 2.13. The minimum atomic E-state index is 0.827. The molecule has 0 saturated carbocycles. The van der Waals surface area contributed by atoms with E-state index in [0.717, 1.165) is 11.6 Å². The molecule has 16 heavy (non-hydrogen) atoms. The Balaban J connectivity index is 0.000000606. The Kier molecular flexibility index (Phi) is 5.33. The van der Waals surface area contributed by atoms with Crippen LogP contribution in [0.4, 0.5) is 5.69 Å². The lowest BCUT2D eigenvalue weighted by Gasteiger charge is -2.09. The standard InChI is InChI=1S/C12H18N2.C2H6/c1-9-3-2-4-10-8-12(14-13)6-5-11(10)7-9;1-2/h5-6,8-9,14H,2-4,7,13H2,1H3;1-2H3. The van der Waals surface area contributed by atoms with E-state index in [2.05, 4.69) is 30.5 Å². The number of hydrogen-bond acceptors (Lipinski definition) is 2. The SMILES string of the molecule is CC.CC1CCCc2cc(NN)ccc2C1. The second-order valence-electron chi connectivity index (χ2n) is 4.33. The molecule has 0 amide bonds. The molecule has 0 saturated heterocycles. The minimum absolute atomic E-state index is 0.827. The summed E-state index contributed by atoms with van der Waals surface area (Å²) in [5, 5.41) is 0. The van der Waals surface area contributed by atoms with E-state index < -0.39 is 0 Å². The molecule has 0 heterocycles. The van der Waals surface area contributed by atoms with Crippen LogP contribution >= 0.6 is 0 Å². The first kappa shape index (κ1) is 13.0. The summed E-state index contributed by atoms with van der Waals surface area (Å²) in [5.41, 5.74) is 6.72. The number of fused-ring (bicyclic) bond motifs is 1. The quantitative estimate of drug-likeness (QED) is 0.432. The van der Waals surface area contributed by atoms with E-state index in [1.807, 2.05) is 13.8 Å². The smallest absolute Gasteiger partial charge is 0.0488 e.